The van der Waals surface area contributed by atoms with Crippen molar-refractivity contribution in [2.75, 3.05) is 18.5 Å². The molecule has 1 fully saturated rings. The first kappa shape index (κ1) is 17.8. The van der Waals surface area contributed by atoms with Gasteiger partial charge in [0.2, 0.25) is 0 Å². The molecule has 5 rings (SSSR count). The SMILES string of the molecule is Fc1cccc(-c2cc3nc(-c4ccccc4)cc(NC[C@H]4CCCO4)n3n2)c1. The largest absolute Gasteiger partial charge is 0.376 e. The average molecular weight is 388 g/mol. The molecule has 5 nitrogen and oxygen atoms in total. The molecule has 0 saturated carbocycles. The predicted molar refractivity (Wildman–Crippen MR) is 111 cm³/mol. The molecular weight excluding hydrogens is 367 g/mol. The highest BCUT2D eigenvalue weighted by atomic mass is 19.1. The van der Waals surface area contributed by atoms with Gasteiger partial charge < -0.3 is 10.1 Å². The van der Waals surface area contributed by atoms with E-state index in [1.54, 1.807) is 10.6 Å². The van der Waals surface area contributed by atoms with Crippen molar-refractivity contribution in [2.24, 2.45) is 0 Å². The van der Waals surface area contributed by atoms with Gasteiger partial charge in [0.1, 0.15) is 11.6 Å². The third kappa shape index (κ3) is 3.71. The van der Waals surface area contributed by atoms with Crippen LogP contribution in [0.5, 0.6) is 0 Å². The summed E-state index contributed by atoms with van der Waals surface area (Å²) in [4.78, 5) is 4.79. The maximum Gasteiger partial charge on any atom is 0.158 e. The molecule has 1 aliphatic heterocycles. The summed E-state index contributed by atoms with van der Waals surface area (Å²) in [5.74, 6) is 0.557. The maximum absolute atomic E-state index is 13.7. The van der Waals surface area contributed by atoms with Crippen LogP contribution in [0.1, 0.15) is 12.8 Å². The standard InChI is InChI=1S/C23H21FN4O/c24-18-9-4-8-17(12-18)21-14-23-26-20(16-6-2-1-3-7-16)13-22(28(23)27-21)25-15-19-10-5-11-29-19/h1-4,6-9,12-14,19,25H,5,10-11,15H2/t19-/m1/s1. The van der Waals surface area contributed by atoms with Gasteiger partial charge >= 0.3 is 0 Å². The van der Waals surface area contributed by atoms with Gasteiger partial charge in [0, 0.05) is 36.4 Å². The van der Waals surface area contributed by atoms with Crippen molar-refractivity contribution < 1.29 is 9.13 Å². The van der Waals surface area contributed by atoms with Gasteiger partial charge in [-0.05, 0) is 25.0 Å². The fourth-order valence-corrected chi connectivity index (χ4v) is 3.67. The van der Waals surface area contributed by atoms with E-state index in [0.29, 0.717) is 17.9 Å². The molecule has 29 heavy (non-hydrogen) atoms. The minimum atomic E-state index is -0.283. The zero-order valence-corrected chi connectivity index (χ0v) is 15.9. The Morgan fingerprint density at radius 1 is 1.00 bits per heavy atom. The Labute approximate surface area is 168 Å². The number of benzene rings is 2. The van der Waals surface area contributed by atoms with Crippen LogP contribution >= 0.6 is 0 Å². The summed E-state index contributed by atoms with van der Waals surface area (Å²) in [6.45, 7) is 1.53. The summed E-state index contributed by atoms with van der Waals surface area (Å²) in [6, 6.07) is 20.4. The van der Waals surface area contributed by atoms with Crippen LogP contribution in [-0.4, -0.2) is 33.9 Å². The number of nitrogens with one attached hydrogen (secondary N) is 1. The molecule has 0 radical (unpaired) electrons. The fraction of sp³-hybridized carbons (Fsp3) is 0.217. The molecule has 1 N–H and O–H groups in total. The number of aromatic nitrogens is 3. The minimum Gasteiger partial charge on any atom is -0.376 e. The topological polar surface area (TPSA) is 51.5 Å². The van der Waals surface area contributed by atoms with Crippen molar-refractivity contribution in [3.63, 3.8) is 0 Å². The molecule has 6 heteroatoms. The monoisotopic (exact) mass is 388 g/mol. The van der Waals surface area contributed by atoms with Gasteiger partial charge in [0.25, 0.3) is 0 Å². The summed E-state index contributed by atoms with van der Waals surface area (Å²) >= 11 is 0. The average Bonchev–Trinajstić information content (AvgIpc) is 3.42. The van der Waals surface area contributed by atoms with Crippen molar-refractivity contribution in [1.29, 1.82) is 0 Å². The highest BCUT2D eigenvalue weighted by Crippen LogP contribution is 2.26. The summed E-state index contributed by atoms with van der Waals surface area (Å²) in [7, 11) is 0. The Balaban J connectivity index is 1.58. The lowest BCUT2D eigenvalue weighted by Crippen LogP contribution is -2.20. The van der Waals surface area contributed by atoms with Crippen molar-refractivity contribution in [1.82, 2.24) is 14.6 Å². The molecule has 0 aliphatic carbocycles. The molecule has 1 atom stereocenters. The van der Waals surface area contributed by atoms with Crippen LogP contribution in [-0.2, 0) is 4.74 Å². The molecule has 0 amide bonds. The Hall–Kier alpha value is -3.25. The van der Waals surface area contributed by atoms with E-state index >= 15 is 0 Å². The molecule has 0 spiro atoms. The van der Waals surface area contributed by atoms with Gasteiger partial charge in [0.05, 0.1) is 17.5 Å². The van der Waals surface area contributed by atoms with Gasteiger partial charge in [-0.3, -0.25) is 0 Å². The maximum atomic E-state index is 13.7. The van der Waals surface area contributed by atoms with Crippen LogP contribution in [0.25, 0.3) is 28.2 Å². The van der Waals surface area contributed by atoms with Crippen LogP contribution in [0.4, 0.5) is 10.2 Å². The molecular formula is C23H21FN4O. The third-order valence-electron chi connectivity index (χ3n) is 5.15. The Morgan fingerprint density at radius 2 is 1.86 bits per heavy atom. The molecule has 0 bridgehead atoms. The Morgan fingerprint density at radius 3 is 2.66 bits per heavy atom. The van der Waals surface area contributed by atoms with Crippen molar-refractivity contribution in [3.05, 3.63) is 72.5 Å². The van der Waals surface area contributed by atoms with E-state index < -0.39 is 0 Å². The number of halogens is 1. The van der Waals surface area contributed by atoms with Crippen LogP contribution in [0.2, 0.25) is 0 Å². The number of fused-ring (bicyclic) bond motifs is 1. The molecule has 0 unspecified atom stereocenters. The molecule has 2 aromatic carbocycles. The van der Waals surface area contributed by atoms with Gasteiger partial charge in [-0.1, -0.05) is 42.5 Å². The van der Waals surface area contributed by atoms with Crippen LogP contribution in [0.15, 0.2) is 66.7 Å². The highest BCUT2D eigenvalue weighted by Gasteiger charge is 2.17. The van der Waals surface area contributed by atoms with Gasteiger partial charge in [0.15, 0.2) is 5.65 Å². The molecule has 2 aromatic heterocycles. The van der Waals surface area contributed by atoms with Crippen LogP contribution in [0.3, 0.4) is 0 Å². The molecule has 3 heterocycles. The molecule has 146 valence electrons. The van der Waals surface area contributed by atoms with E-state index in [0.717, 1.165) is 42.1 Å². The zero-order chi connectivity index (χ0) is 19.6. The first-order valence-corrected chi connectivity index (χ1v) is 9.84. The second-order valence-electron chi connectivity index (χ2n) is 7.22. The first-order chi connectivity index (χ1) is 14.3. The lowest BCUT2D eigenvalue weighted by Gasteiger charge is -2.14. The van der Waals surface area contributed by atoms with E-state index in [9.17, 15) is 4.39 Å². The molecule has 1 aliphatic rings. The second-order valence-corrected chi connectivity index (χ2v) is 7.22. The molecule has 4 aromatic rings. The smallest absolute Gasteiger partial charge is 0.158 e. The minimum absolute atomic E-state index is 0.205. The fourth-order valence-electron chi connectivity index (χ4n) is 3.67. The quantitative estimate of drug-likeness (QED) is 0.534. The third-order valence-corrected chi connectivity index (χ3v) is 5.15. The number of nitrogens with zero attached hydrogens (tertiary/aromatic N) is 3. The normalized spacial score (nSPS) is 16.4. The molecule has 1 saturated heterocycles. The van der Waals surface area contributed by atoms with Crippen molar-refractivity contribution in [2.45, 2.75) is 18.9 Å². The summed E-state index contributed by atoms with van der Waals surface area (Å²) in [5, 5.41) is 8.17. The van der Waals surface area contributed by atoms with Crippen molar-refractivity contribution >= 4 is 11.5 Å². The summed E-state index contributed by atoms with van der Waals surface area (Å²) in [5.41, 5.74) is 4.01. The van der Waals surface area contributed by atoms with Crippen molar-refractivity contribution in [3.8, 4) is 22.5 Å². The van der Waals surface area contributed by atoms with Crippen LogP contribution in [0, 0.1) is 5.82 Å². The van der Waals surface area contributed by atoms with E-state index in [4.69, 9.17) is 9.72 Å². The number of hydrogen-bond donors (Lipinski definition) is 1. The lowest BCUT2D eigenvalue weighted by molar-refractivity contribution is 0.120. The second kappa shape index (κ2) is 7.64. The number of rotatable bonds is 5. The zero-order valence-electron chi connectivity index (χ0n) is 15.9. The summed E-state index contributed by atoms with van der Waals surface area (Å²) < 4.78 is 21.2. The van der Waals surface area contributed by atoms with E-state index in [1.165, 1.54) is 12.1 Å². The Kier molecular flexibility index (Phi) is 4.69. The van der Waals surface area contributed by atoms with Gasteiger partial charge in [-0.25, -0.2) is 9.37 Å². The lowest BCUT2D eigenvalue weighted by atomic mass is 10.1. The number of hydrogen-bond acceptors (Lipinski definition) is 4. The first-order valence-electron chi connectivity index (χ1n) is 9.84. The Bertz CT molecular complexity index is 1140. The van der Waals surface area contributed by atoms with E-state index in [2.05, 4.69) is 10.4 Å². The van der Waals surface area contributed by atoms with Gasteiger partial charge in [-0.2, -0.15) is 9.61 Å². The van der Waals surface area contributed by atoms with Gasteiger partial charge in [-0.15, -0.1) is 0 Å². The number of ether oxygens (including phenoxy) is 1. The van der Waals surface area contributed by atoms with E-state index in [1.807, 2.05) is 48.5 Å². The predicted octanol–water partition coefficient (Wildman–Crippen LogP) is 4.79. The number of anilines is 1. The summed E-state index contributed by atoms with van der Waals surface area (Å²) in [6.07, 6.45) is 2.36. The highest BCUT2D eigenvalue weighted by molar-refractivity contribution is 5.70. The van der Waals surface area contributed by atoms with E-state index in [-0.39, 0.29) is 11.9 Å². The van der Waals surface area contributed by atoms with Crippen LogP contribution < -0.4 is 5.32 Å².